The molecule has 0 radical (unpaired) electrons. The molecule has 0 heterocycles. The van der Waals surface area contributed by atoms with E-state index in [1.165, 1.54) is 31.4 Å². The number of aryl methyl sites for hydroxylation is 1. The van der Waals surface area contributed by atoms with Crippen LogP contribution in [-0.4, -0.2) is 21.5 Å². The van der Waals surface area contributed by atoms with Crippen molar-refractivity contribution in [2.75, 3.05) is 7.11 Å². The van der Waals surface area contributed by atoms with Gasteiger partial charge in [-0.25, -0.2) is 13.2 Å². The number of ether oxygens (including phenoxy) is 3. The van der Waals surface area contributed by atoms with Crippen LogP contribution in [0.2, 0.25) is 0 Å². The van der Waals surface area contributed by atoms with E-state index in [4.69, 9.17) is 25.8 Å². The summed E-state index contributed by atoms with van der Waals surface area (Å²) in [5.41, 5.74) is 4.55. The van der Waals surface area contributed by atoms with E-state index in [-0.39, 0.29) is 21.8 Å². The van der Waals surface area contributed by atoms with Crippen molar-refractivity contribution in [3.05, 3.63) is 125 Å². The maximum Gasteiger partial charge on any atom is 0.330 e. The third-order valence-corrected chi connectivity index (χ3v) is 9.34. The van der Waals surface area contributed by atoms with E-state index in [1.807, 2.05) is 25.1 Å². The van der Waals surface area contributed by atoms with Crippen LogP contribution in [0.4, 0.5) is 0 Å². The van der Waals surface area contributed by atoms with Crippen molar-refractivity contribution < 1.29 is 27.4 Å². The zero-order valence-electron chi connectivity index (χ0n) is 24.0. The molecule has 0 aliphatic heterocycles. The predicted octanol–water partition coefficient (Wildman–Crippen LogP) is 7.92. The molecule has 0 unspecified atom stereocenters. The minimum absolute atomic E-state index is 0.0329. The third kappa shape index (κ3) is 6.69. The zero-order chi connectivity index (χ0) is 30.5. The summed E-state index contributed by atoms with van der Waals surface area (Å²) in [5, 5.41) is 0. The van der Waals surface area contributed by atoms with E-state index < -0.39 is 15.8 Å². The summed E-state index contributed by atoms with van der Waals surface area (Å²) >= 11 is 6.17. The van der Waals surface area contributed by atoms with Crippen molar-refractivity contribution in [2.24, 2.45) is 0 Å². The second-order valence-electron chi connectivity index (χ2n) is 10.3. The summed E-state index contributed by atoms with van der Waals surface area (Å²) in [7, 11) is -2.20. The van der Waals surface area contributed by atoms with Crippen molar-refractivity contribution in [1.82, 2.24) is 0 Å². The quantitative estimate of drug-likeness (QED) is 0.0983. The Morgan fingerprint density at radius 2 is 1.40 bits per heavy atom. The van der Waals surface area contributed by atoms with Crippen LogP contribution in [0.1, 0.15) is 41.7 Å². The van der Waals surface area contributed by atoms with E-state index in [0.717, 1.165) is 28.3 Å². The maximum atomic E-state index is 13.1. The van der Waals surface area contributed by atoms with Crippen molar-refractivity contribution in [2.45, 2.75) is 48.5 Å². The van der Waals surface area contributed by atoms with Gasteiger partial charge in [-0.05, 0) is 89.8 Å². The molecule has 0 aliphatic rings. The molecule has 0 aliphatic carbocycles. The SMILES string of the molecule is C=CC(=O)OCc1cc(C(C)(C)c2ccc(C)c(CCl)c2)ccc1Oc1ccc(S(=O)(=O)c2ccc(OC)cc2)cc1. The number of benzene rings is 4. The fourth-order valence-electron chi connectivity index (χ4n) is 4.46. The molecule has 8 heteroatoms. The molecule has 4 aromatic carbocycles. The molecular formula is C34H33ClO6S. The Morgan fingerprint density at radius 1 is 0.857 bits per heavy atom. The molecule has 0 fully saturated rings. The molecule has 0 saturated carbocycles. The van der Waals surface area contributed by atoms with Gasteiger partial charge in [0.2, 0.25) is 9.84 Å². The van der Waals surface area contributed by atoms with Crippen molar-refractivity contribution in [3.63, 3.8) is 0 Å². The van der Waals surface area contributed by atoms with Crippen LogP contribution in [-0.2, 0) is 37.3 Å². The van der Waals surface area contributed by atoms with Crippen molar-refractivity contribution in [1.29, 1.82) is 0 Å². The predicted molar refractivity (Wildman–Crippen MR) is 164 cm³/mol. The monoisotopic (exact) mass is 604 g/mol. The maximum absolute atomic E-state index is 13.1. The van der Waals surface area contributed by atoms with E-state index in [1.54, 1.807) is 24.3 Å². The molecule has 0 bridgehead atoms. The first kappa shape index (κ1) is 30.9. The van der Waals surface area contributed by atoms with Crippen LogP contribution in [0, 0.1) is 6.92 Å². The highest BCUT2D eigenvalue weighted by Crippen LogP contribution is 2.37. The molecule has 0 aromatic heterocycles. The van der Waals surface area contributed by atoms with Gasteiger partial charge >= 0.3 is 5.97 Å². The molecule has 42 heavy (non-hydrogen) atoms. The Balaban J connectivity index is 1.64. The van der Waals surface area contributed by atoms with E-state index in [0.29, 0.717) is 28.7 Å². The lowest BCUT2D eigenvalue weighted by atomic mass is 9.77. The molecule has 218 valence electrons. The highest BCUT2D eigenvalue weighted by atomic mass is 35.5. The minimum atomic E-state index is -3.73. The Morgan fingerprint density at radius 3 is 1.95 bits per heavy atom. The van der Waals surface area contributed by atoms with E-state index >= 15 is 0 Å². The van der Waals surface area contributed by atoms with Gasteiger partial charge in [-0.15, -0.1) is 11.6 Å². The van der Waals surface area contributed by atoms with Crippen LogP contribution in [0.15, 0.2) is 107 Å². The normalized spacial score (nSPS) is 11.5. The number of carbonyl (C=O) groups excluding carboxylic acids is 1. The first-order valence-electron chi connectivity index (χ1n) is 13.2. The first-order chi connectivity index (χ1) is 20.0. The van der Waals surface area contributed by atoms with Crippen LogP contribution in [0.3, 0.4) is 0 Å². The number of esters is 1. The number of carbonyl (C=O) groups is 1. The Hall–Kier alpha value is -4.07. The topological polar surface area (TPSA) is 78.9 Å². The number of methoxy groups -OCH3 is 1. The van der Waals surface area contributed by atoms with Crippen LogP contribution in [0.25, 0.3) is 0 Å². The molecule has 0 N–H and O–H groups in total. The summed E-state index contributed by atoms with van der Waals surface area (Å²) in [5.74, 6) is 1.34. The lowest BCUT2D eigenvalue weighted by Crippen LogP contribution is -2.20. The summed E-state index contributed by atoms with van der Waals surface area (Å²) in [6.07, 6.45) is 1.11. The third-order valence-electron chi connectivity index (χ3n) is 7.27. The molecule has 4 aromatic rings. The van der Waals surface area contributed by atoms with Gasteiger partial charge < -0.3 is 14.2 Å². The number of alkyl halides is 1. The number of hydrogen-bond acceptors (Lipinski definition) is 6. The molecule has 0 amide bonds. The van der Waals surface area contributed by atoms with Gasteiger partial charge in [-0.1, -0.05) is 44.7 Å². The largest absolute Gasteiger partial charge is 0.497 e. The molecule has 0 atom stereocenters. The number of sulfone groups is 1. The average Bonchev–Trinajstić information content (AvgIpc) is 3.00. The number of hydrogen-bond donors (Lipinski definition) is 0. The highest BCUT2D eigenvalue weighted by molar-refractivity contribution is 7.91. The first-order valence-corrected chi connectivity index (χ1v) is 15.3. The van der Waals surface area contributed by atoms with Crippen LogP contribution >= 0.6 is 11.6 Å². The highest BCUT2D eigenvalue weighted by Gasteiger charge is 2.25. The zero-order valence-corrected chi connectivity index (χ0v) is 25.6. The summed E-state index contributed by atoms with van der Waals surface area (Å²) in [6, 6.07) is 24.4. The Kier molecular flexibility index (Phi) is 9.44. The molecule has 4 rings (SSSR count). The fourth-order valence-corrected chi connectivity index (χ4v) is 6.01. The van der Waals surface area contributed by atoms with Crippen LogP contribution < -0.4 is 9.47 Å². The number of rotatable bonds is 11. The van der Waals surface area contributed by atoms with Gasteiger partial charge in [-0.3, -0.25) is 0 Å². The molecule has 0 saturated heterocycles. The van der Waals surface area contributed by atoms with Crippen molar-refractivity contribution in [3.8, 4) is 17.2 Å². The molecule has 6 nitrogen and oxygen atoms in total. The molecular weight excluding hydrogens is 572 g/mol. The lowest BCUT2D eigenvalue weighted by molar-refractivity contribution is -0.139. The molecule has 0 spiro atoms. The van der Waals surface area contributed by atoms with Crippen molar-refractivity contribution >= 4 is 27.4 Å². The lowest BCUT2D eigenvalue weighted by Gasteiger charge is -2.28. The van der Waals surface area contributed by atoms with Gasteiger partial charge in [0.25, 0.3) is 0 Å². The minimum Gasteiger partial charge on any atom is -0.497 e. The van der Waals surface area contributed by atoms with Gasteiger partial charge in [-0.2, -0.15) is 0 Å². The van der Waals surface area contributed by atoms with E-state index in [2.05, 4.69) is 38.6 Å². The second-order valence-corrected chi connectivity index (χ2v) is 12.5. The smallest absolute Gasteiger partial charge is 0.330 e. The van der Waals surface area contributed by atoms with Crippen LogP contribution in [0.5, 0.6) is 17.2 Å². The Bertz CT molecular complexity index is 1690. The van der Waals surface area contributed by atoms with Gasteiger partial charge in [0, 0.05) is 22.9 Å². The summed E-state index contributed by atoms with van der Waals surface area (Å²) in [6.45, 7) is 9.71. The second kappa shape index (κ2) is 12.8. The average molecular weight is 605 g/mol. The summed E-state index contributed by atoms with van der Waals surface area (Å²) < 4.78 is 42.8. The van der Waals surface area contributed by atoms with Gasteiger partial charge in [0.15, 0.2) is 0 Å². The fraction of sp³-hybridized carbons (Fsp3) is 0.206. The standard InChI is InChI=1S/C34H33ClO6S/c1-6-33(36)40-22-25-20-27(34(3,4)26-8-7-23(2)24(19-26)21-35)9-18-32(25)41-29-12-16-31(17-13-29)42(37,38)30-14-10-28(39-5)11-15-30/h6-20H,1,21-22H2,2-5H3. The Labute approximate surface area is 252 Å². The van der Waals surface area contributed by atoms with Gasteiger partial charge in [0.1, 0.15) is 23.9 Å². The summed E-state index contributed by atoms with van der Waals surface area (Å²) in [4.78, 5) is 12.2. The number of halogens is 1. The van der Waals surface area contributed by atoms with Gasteiger partial charge in [0.05, 0.1) is 16.9 Å². The van der Waals surface area contributed by atoms with E-state index in [9.17, 15) is 13.2 Å².